The van der Waals surface area contributed by atoms with Crippen LogP contribution in [-0.4, -0.2) is 43.9 Å². The van der Waals surface area contributed by atoms with Crippen molar-refractivity contribution in [1.29, 1.82) is 0 Å². The van der Waals surface area contributed by atoms with Gasteiger partial charge in [0.1, 0.15) is 5.75 Å². The Balaban J connectivity index is 2.27. The second-order valence-electron chi connectivity index (χ2n) is 3.82. The molecule has 102 valence electrons. The van der Waals surface area contributed by atoms with Crippen molar-refractivity contribution in [2.24, 2.45) is 0 Å². The zero-order chi connectivity index (χ0) is 13.2. The molecular weight excluding hydrogens is 250 g/mol. The molecule has 0 saturated heterocycles. The van der Waals surface area contributed by atoms with Crippen molar-refractivity contribution in [2.45, 2.75) is 11.3 Å². The third-order valence-electron chi connectivity index (χ3n) is 2.47. The molecule has 0 aliphatic rings. The Bertz CT molecular complexity index is 371. The molecular formula is C13H21NO3S. The van der Waals surface area contributed by atoms with Crippen molar-refractivity contribution in [3.63, 3.8) is 0 Å². The van der Waals surface area contributed by atoms with Gasteiger partial charge in [0.15, 0.2) is 0 Å². The lowest BCUT2D eigenvalue weighted by atomic mass is 10.3. The Morgan fingerprint density at radius 1 is 1.28 bits per heavy atom. The van der Waals surface area contributed by atoms with Gasteiger partial charge in [0.25, 0.3) is 0 Å². The predicted octanol–water partition coefficient (Wildman–Crippen LogP) is 1.43. The van der Waals surface area contributed by atoms with Crippen molar-refractivity contribution in [3.05, 3.63) is 24.3 Å². The summed E-state index contributed by atoms with van der Waals surface area (Å²) in [5.41, 5.74) is 0. The maximum atomic E-state index is 12.0. The average Bonchev–Trinajstić information content (AvgIpc) is 2.42. The highest BCUT2D eigenvalue weighted by Gasteiger charge is 2.04. The maximum Gasteiger partial charge on any atom is 0.120 e. The van der Waals surface area contributed by atoms with Gasteiger partial charge in [-0.15, -0.1) is 0 Å². The van der Waals surface area contributed by atoms with Gasteiger partial charge in [0.2, 0.25) is 0 Å². The summed E-state index contributed by atoms with van der Waals surface area (Å²) >= 11 is 0. The van der Waals surface area contributed by atoms with Crippen LogP contribution in [0.15, 0.2) is 29.2 Å². The van der Waals surface area contributed by atoms with Crippen molar-refractivity contribution in [3.8, 4) is 5.75 Å². The third-order valence-corrected chi connectivity index (χ3v) is 3.91. The summed E-state index contributed by atoms with van der Waals surface area (Å²) in [6.45, 7) is 2.40. The van der Waals surface area contributed by atoms with Crippen LogP contribution in [0.1, 0.15) is 6.42 Å². The monoisotopic (exact) mass is 271 g/mol. The molecule has 5 heteroatoms. The van der Waals surface area contributed by atoms with Crippen molar-refractivity contribution >= 4 is 10.8 Å². The molecule has 4 nitrogen and oxygen atoms in total. The standard InChI is InChI=1S/C13H21NO3S/c1-16-9-8-14-7-4-10-18(15)13-6-3-5-12(11-13)17-2/h3,5-6,11,14H,4,7-10H2,1-2H3. The van der Waals surface area contributed by atoms with Crippen LogP contribution in [0.4, 0.5) is 0 Å². The number of hydrogen-bond donors (Lipinski definition) is 1. The molecule has 0 spiro atoms. The lowest BCUT2D eigenvalue weighted by Crippen LogP contribution is -2.21. The van der Waals surface area contributed by atoms with Crippen LogP contribution >= 0.6 is 0 Å². The Hall–Kier alpha value is -0.910. The maximum absolute atomic E-state index is 12.0. The SMILES string of the molecule is COCCNCCCS(=O)c1cccc(OC)c1. The molecule has 0 fully saturated rings. The van der Waals surface area contributed by atoms with Gasteiger partial charge in [-0.1, -0.05) is 6.07 Å². The van der Waals surface area contributed by atoms with E-state index < -0.39 is 10.8 Å². The molecule has 18 heavy (non-hydrogen) atoms. The Morgan fingerprint density at radius 3 is 2.83 bits per heavy atom. The van der Waals surface area contributed by atoms with E-state index in [1.165, 1.54) is 0 Å². The Labute approximate surface area is 111 Å². The molecule has 1 rings (SSSR count). The zero-order valence-corrected chi connectivity index (χ0v) is 11.8. The normalized spacial score (nSPS) is 12.3. The molecule has 0 bridgehead atoms. The zero-order valence-electron chi connectivity index (χ0n) is 11.0. The minimum Gasteiger partial charge on any atom is -0.497 e. The summed E-state index contributed by atoms with van der Waals surface area (Å²) in [5, 5.41) is 3.23. The topological polar surface area (TPSA) is 47.6 Å². The predicted molar refractivity (Wildman–Crippen MR) is 73.6 cm³/mol. The van der Waals surface area contributed by atoms with Gasteiger partial charge in [0.05, 0.1) is 24.5 Å². The largest absolute Gasteiger partial charge is 0.497 e. The van der Waals surface area contributed by atoms with Crippen LogP contribution in [0, 0.1) is 0 Å². The first-order valence-corrected chi connectivity index (χ1v) is 7.32. The van der Waals surface area contributed by atoms with Crippen molar-refractivity contribution in [1.82, 2.24) is 5.32 Å². The summed E-state index contributed by atoms with van der Waals surface area (Å²) in [7, 11) is 2.34. The first kappa shape index (κ1) is 15.1. The van der Waals surface area contributed by atoms with E-state index in [4.69, 9.17) is 9.47 Å². The summed E-state index contributed by atoms with van der Waals surface area (Å²) in [6, 6.07) is 7.42. The number of methoxy groups -OCH3 is 2. The lowest BCUT2D eigenvalue weighted by Gasteiger charge is -2.06. The average molecular weight is 271 g/mol. The minimum atomic E-state index is -0.954. The fraction of sp³-hybridized carbons (Fsp3) is 0.538. The summed E-state index contributed by atoms with van der Waals surface area (Å²) in [5.74, 6) is 1.41. The van der Waals surface area contributed by atoms with E-state index in [2.05, 4.69) is 5.32 Å². The van der Waals surface area contributed by atoms with Crippen LogP contribution in [0.3, 0.4) is 0 Å². The van der Waals surface area contributed by atoms with Crippen molar-refractivity contribution in [2.75, 3.05) is 39.7 Å². The molecule has 1 aromatic carbocycles. The van der Waals surface area contributed by atoms with Gasteiger partial charge in [-0.25, -0.2) is 0 Å². The van der Waals surface area contributed by atoms with E-state index in [9.17, 15) is 4.21 Å². The Kier molecular flexibility index (Phi) is 7.64. The first-order chi connectivity index (χ1) is 8.77. The molecule has 1 atom stereocenters. The molecule has 0 aliphatic heterocycles. The first-order valence-electron chi connectivity index (χ1n) is 6.00. The van der Waals surface area contributed by atoms with E-state index >= 15 is 0 Å². The van der Waals surface area contributed by atoms with Crippen molar-refractivity contribution < 1.29 is 13.7 Å². The Morgan fingerprint density at radius 2 is 2.11 bits per heavy atom. The van der Waals surface area contributed by atoms with Crippen LogP contribution < -0.4 is 10.1 Å². The van der Waals surface area contributed by atoms with E-state index in [0.717, 1.165) is 30.2 Å². The molecule has 0 aliphatic carbocycles. The van der Waals surface area contributed by atoms with E-state index in [1.807, 2.05) is 24.3 Å². The van der Waals surface area contributed by atoms with E-state index in [0.29, 0.717) is 12.4 Å². The molecule has 1 unspecified atom stereocenters. The number of hydrogen-bond acceptors (Lipinski definition) is 4. The fourth-order valence-corrected chi connectivity index (χ4v) is 2.61. The van der Waals surface area contributed by atoms with Gasteiger partial charge in [-0.2, -0.15) is 0 Å². The smallest absolute Gasteiger partial charge is 0.120 e. The summed E-state index contributed by atoms with van der Waals surface area (Å²) in [4.78, 5) is 0.825. The lowest BCUT2D eigenvalue weighted by molar-refractivity contribution is 0.199. The molecule has 0 aromatic heterocycles. The highest BCUT2D eigenvalue weighted by atomic mass is 32.2. The third kappa shape index (κ3) is 5.62. The number of ether oxygens (including phenoxy) is 2. The summed E-state index contributed by atoms with van der Waals surface area (Å²) in [6.07, 6.45) is 0.882. The summed E-state index contributed by atoms with van der Waals surface area (Å²) < 4.78 is 22.0. The molecule has 1 N–H and O–H groups in total. The minimum absolute atomic E-state index is 0.660. The van der Waals surface area contributed by atoms with Gasteiger partial charge in [-0.3, -0.25) is 4.21 Å². The van der Waals surface area contributed by atoms with Gasteiger partial charge >= 0.3 is 0 Å². The van der Waals surface area contributed by atoms with Crippen LogP contribution in [-0.2, 0) is 15.5 Å². The van der Waals surface area contributed by atoms with Gasteiger partial charge < -0.3 is 14.8 Å². The van der Waals surface area contributed by atoms with Gasteiger partial charge in [-0.05, 0) is 31.2 Å². The van der Waals surface area contributed by atoms with Crippen LogP contribution in [0.25, 0.3) is 0 Å². The van der Waals surface area contributed by atoms with Crippen LogP contribution in [0.5, 0.6) is 5.75 Å². The second kappa shape index (κ2) is 9.08. The quantitative estimate of drug-likeness (QED) is 0.690. The number of nitrogens with one attached hydrogen (secondary N) is 1. The molecule has 0 saturated carbocycles. The second-order valence-corrected chi connectivity index (χ2v) is 5.40. The van der Waals surface area contributed by atoms with E-state index in [-0.39, 0.29) is 0 Å². The molecule has 0 radical (unpaired) electrons. The fourth-order valence-electron chi connectivity index (χ4n) is 1.49. The van der Waals surface area contributed by atoms with E-state index in [1.54, 1.807) is 14.2 Å². The number of benzene rings is 1. The molecule has 0 heterocycles. The van der Waals surface area contributed by atoms with Crippen LogP contribution in [0.2, 0.25) is 0 Å². The molecule has 1 aromatic rings. The van der Waals surface area contributed by atoms with Gasteiger partial charge in [0, 0.05) is 24.3 Å². The highest BCUT2D eigenvalue weighted by Crippen LogP contribution is 2.16. The molecule has 0 amide bonds. The highest BCUT2D eigenvalue weighted by molar-refractivity contribution is 7.85. The number of rotatable bonds is 9.